The van der Waals surface area contributed by atoms with E-state index >= 15 is 0 Å². The van der Waals surface area contributed by atoms with Gasteiger partial charge >= 0.3 is 0 Å². The molecule has 6 rings (SSSR count). The first-order valence-corrected chi connectivity index (χ1v) is 16.7. The van der Waals surface area contributed by atoms with Gasteiger partial charge in [-0.05, 0) is 140 Å². The Morgan fingerprint density at radius 1 is 0.800 bits per heavy atom. The number of nitroso groups, excluding NO2 is 1. The van der Waals surface area contributed by atoms with Gasteiger partial charge in [0.1, 0.15) is 5.54 Å². The normalized spacial score (nSPS) is 47.5. The van der Waals surface area contributed by atoms with Crippen molar-refractivity contribution in [2.45, 2.75) is 131 Å². The summed E-state index contributed by atoms with van der Waals surface area (Å²) in [5, 5.41) is 4.00. The van der Waals surface area contributed by atoms with Crippen molar-refractivity contribution < 1.29 is 4.79 Å². The summed E-state index contributed by atoms with van der Waals surface area (Å²) in [6.45, 7) is 19.6. The molecule has 0 saturated heterocycles. The van der Waals surface area contributed by atoms with Crippen LogP contribution in [0.25, 0.3) is 0 Å². The molecule has 220 valence electrons. The van der Waals surface area contributed by atoms with Crippen LogP contribution in [-0.4, -0.2) is 11.3 Å². The summed E-state index contributed by atoms with van der Waals surface area (Å²) in [7, 11) is 0. The molecule has 5 aliphatic carbocycles. The van der Waals surface area contributed by atoms with Crippen LogP contribution in [0.1, 0.15) is 141 Å². The summed E-state index contributed by atoms with van der Waals surface area (Å²) in [4.78, 5) is 24.4. The van der Waals surface area contributed by atoms with Crippen LogP contribution in [0.15, 0.2) is 29.4 Å². The fourth-order valence-electron chi connectivity index (χ4n) is 13.1. The maximum absolute atomic E-state index is 12.5. The molecule has 0 amide bonds. The smallest absolute Gasteiger partial charge is 0.159 e. The van der Waals surface area contributed by atoms with Crippen molar-refractivity contribution in [2.75, 3.05) is 0 Å². The van der Waals surface area contributed by atoms with Gasteiger partial charge in [0.25, 0.3) is 0 Å². The SMILES string of the molecule is CC(=O)c1ccc([C@H]2CC[C@]3(C)[C@H]4CC[C@@H]5[C@H]6[C@H](C(C)C)CC[C@]6(N=O)CC[C@@]5(C)[C@]4(C)CC[C@H]3C2(C)C)cc1. The second kappa shape index (κ2) is 9.24. The van der Waals surface area contributed by atoms with E-state index in [0.717, 1.165) is 24.3 Å². The molecule has 3 heteroatoms. The van der Waals surface area contributed by atoms with Crippen molar-refractivity contribution in [1.82, 2.24) is 0 Å². The van der Waals surface area contributed by atoms with E-state index in [0.29, 0.717) is 51.8 Å². The molecular formula is C37H55NO2. The average molecular weight is 546 g/mol. The minimum atomic E-state index is -0.290. The number of carbonyl (C=O) groups excluding carboxylic acids is 1. The molecular weight excluding hydrogens is 490 g/mol. The molecule has 40 heavy (non-hydrogen) atoms. The predicted octanol–water partition coefficient (Wildman–Crippen LogP) is 10.2. The number of carbonyl (C=O) groups is 1. The van der Waals surface area contributed by atoms with Crippen LogP contribution in [0.3, 0.4) is 0 Å². The zero-order chi connectivity index (χ0) is 28.9. The molecule has 10 atom stereocenters. The summed E-state index contributed by atoms with van der Waals surface area (Å²) < 4.78 is 0. The molecule has 3 nitrogen and oxygen atoms in total. The van der Waals surface area contributed by atoms with E-state index in [2.05, 4.69) is 65.8 Å². The lowest BCUT2D eigenvalue weighted by atomic mass is 9.32. The fraction of sp³-hybridized carbons (Fsp3) is 0.811. The molecule has 5 aliphatic rings. The van der Waals surface area contributed by atoms with Crippen LogP contribution in [0.2, 0.25) is 0 Å². The van der Waals surface area contributed by atoms with Crippen molar-refractivity contribution in [2.24, 2.45) is 62.3 Å². The van der Waals surface area contributed by atoms with Gasteiger partial charge in [-0.25, -0.2) is 0 Å². The Bertz CT molecular complexity index is 1170. The minimum Gasteiger partial charge on any atom is -0.295 e. The Kier molecular flexibility index (Phi) is 6.61. The highest BCUT2D eigenvalue weighted by Crippen LogP contribution is 2.77. The van der Waals surface area contributed by atoms with Gasteiger partial charge in [0.2, 0.25) is 0 Å². The van der Waals surface area contributed by atoms with Crippen LogP contribution in [-0.2, 0) is 0 Å². The monoisotopic (exact) mass is 545 g/mol. The molecule has 0 aliphatic heterocycles. The first-order valence-electron chi connectivity index (χ1n) is 16.7. The number of benzene rings is 1. The quantitative estimate of drug-likeness (QED) is 0.279. The van der Waals surface area contributed by atoms with E-state index < -0.39 is 0 Å². The molecule has 0 aromatic heterocycles. The van der Waals surface area contributed by atoms with Crippen molar-refractivity contribution in [3.63, 3.8) is 0 Å². The molecule has 1 aromatic rings. The lowest BCUT2D eigenvalue weighted by molar-refractivity contribution is -0.233. The fourth-order valence-corrected chi connectivity index (χ4v) is 13.1. The van der Waals surface area contributed by atoms with Crippen LogP contribution < -0.4 is 0 Å². The zero-order valence-corrected chi connectivity index (χ0v) is 26.7. The van der Waals surface area contributed by atoms with E-state index in [4.69, 9.17) is 0 Å². The van der Waals surface area contributed by atoms with E-state index in [1.54, 1.807) is 6.92 Å². The third kappa shape index (κ3) is 3.63. The first kappa shape index (κ1) is 28.6. The molecule has 1 aromatic carbocycles. The van der Waals surface area contributed by atoms with Gasteiger partial charge in [-0.3, -0.25) is 4.79 Å². The van der Waals surface area contributed by atoms with Gasteiger partial charge in [0.15, 0.2) is 5.78 Å². The van der Waals surface area contributed by atoms with Crippen LogP contribution >= 0.6 is 0 Å². The summed E-state index contributed by atoms with van der Waals surface area (Å²) >= 11 is 0. The van der Waals surface area contributed by atoms with Crippen molar-refractivity contribution in [3.05, 3.63) is 40.3 Å². The van der Waals surface area contributed by atoms with E-state index in [-0.39, 0.29) is 16.7 Å². The maximum Gasteiger partial charge on any atom is 0.159 e. The highest BCUT2D eigenvalue weighted by atomic mass is 16.3. The Labute approximate surface area is 244 Å². The van der Waals surface area contributed by atoms with Crippen molar-refractivity contribution in [1.29, 1.82) is 0 Å². The van der Waals surface area contributed by atoms with Gasteiger partial charge in [-0.15, -0.1) is 0 Å². The summed E-state index contributed by atoms with van der Waals surface area (Å²) in [6.07, 6.45) is 12.2. The largest absolute Gasteiger partial charge is 0.295 e. The standard InChI is InChI=1S/C37H55NO2/c1-23(2)27-15-20-37(38-40)22-21-35(7)29(32(27)37)13-14-31-34(6)18-16-28(26-11-9-25(10-12-26)24(3)39)33(4,5)30(34)17-19-36(31,35)8/h9-12,23,27-32H,13-22H2,1-8H3/t27-,28+,29+,30-,31+,32+,34-,35+,36+,37-/m0/s1. The van der Waals surface area contributed by atoms with Gasteiger partial charge < -0.3 is 0 Å². The summed E-state index contributed by atoms with van der Waals surface area (Å²) in [6, 6.07) is 8.58. The third-order valence-corrected chi connectivity index (χ3v) is 15.2. The molecule has 0 spiro atoms. The van der Waals surface area contributed by atoms with Gasteiger partial charge in [-0.2, -0.15) is 4.91 Å². The molecule has 5 saturated carbocycles. The second-order valence-corrected chi connectivity index (χ2v) is 16.9. The number of nitrogens with zero attached hydrogens (tertiary/aromatic N) is 1. The Balaban J connectivity index is 1.33. The van der Waals surface area contributed by atoms with Gasteiger partial charge in [-0.1, -0.05) is 77.9 Å². The number of rotatable bonds is 4. The Hall–Kier alpha value is -1.51. The molecule has 0 bridgehead atoms. The van der Waals surface area contributed by atoms with E-state index in [1.807, 2.05) is 12.1 Å². The number of ketones is 1. The number of Topliss-reactive ketones (excluding diaryl/α,β-unsaturated/α-hetero) is 1. The van der Waals surface area contributed by atoms with Crippen LogP contribution in [0.5, 0.6) is 0 Å². The zero-order valence-electron chi connectivity index (χ0n) is 26.7. The number of hydrogen-bond acceptors (Lipinski definition) is 3. The minimum absolute atomic E-state index is 0.152. The Morgan fingerprint density at radius 2 is 1.50 bits per heavy atom. The lowest BCUT2D eigenvalue weighted by Gasteiger charge is -2.73. The van der Waals surface area contributed by atoms with Gasteiger partial charge in [0, 0.05) is 5.56 Å². The predicted molar refractivity (Wildman–Crippen MR) is 164 cm³/mol. The number of fused-ring (bicyclic) bond motifs is 7. The summed E-state index contributed by atoms with van der Waals surface area (Å²) in [5.41, 5.74) is 3.15. The highest BCUT2D eigenvalue weighted by Gasteiger charge is 2.71. The van der Waals surface area contributed by atoms with Crippen LogP contribution in [0, 0.1) is 62.1 Å². The van der Waals surface area contributed by atoms with Crippen molar-refractivity contribution >= 4 is 5.78 Å². The molecule has 5 fully saturated rings. The van der Waals surface area contributed by atoms with Gasteiger partial charge in [0.05, 0.1) is 0 Å². The maximum atomic E-state index is 12.5. The second-order valence-electron chi connectivity index (χ2n) is 16.9. The third-order valence-electron chi connectivity index (χ3n) is 15.2. The molecule has 0 unspecified atom stereocenters. The summed E-state index contributed by atoms with van der Waals surface area (Å²) in [5.74, 6) is 4.56. The number of hydrogen-bond donors (Lipinski definition) is 0. The lowest BCUT2D eigenvalue weighted by Crippen LogP contribution is -2.66. The molecule has 0 heterocycles. The van der Waals surface area contributed by atoms with Crippen molar-refractivity contribution in [3.8, 4) is 0 Å². The van der Waals surface area contributed by atoms with E-state index in [9.17, 15) is 9.70 Å². The topological polar surface area (TPSA) is 46.5 Å². The average Bonchev–Trinajstić information content (AvgIpc) is 3.29. The highest BCUT2D eigenvalue weighted by molar-refractivity contribution is 5.94. The van der Waals surface area contributed by atoms with E-state index in [1.165, 1.54) is 56.9 Å². The Morgan fingerprint density at radius 3 is 2.12 bits per heavy atom. The van der Waals surface area contributed by atoms with Crippen LogP contribution in [0.4, 0.5) is 0 Å². The molecule has 0 radical (unpaired) electrons. The first-order chi connectivity index (χ1) is 18.7. The molecule has 0 N–H and O–H groups in total.